The van der Waals surface area contributed by atoms with Crippen molar-refractivity contribution in [2.24, 2.45) is 0 Å². The third kappa shape index (κ3) is 2.20. The Labute approximate surface area is 97.2 Å². The Bertz CT molecular complexity index is 481. The number of benzene rings is 1. The second-order valence-electron chi connectivity index (χ2n) is 3.27. The first-order chi connectivity index (χ1) is 7.20. The number of nitrogens with zero attached hydrogens (tertiary/aromatic N) is 1. The zero-order valence-corrected chi connectivity index (χ0v) is 9.77. The van der Waals surface area contributed by atoms with E-state index in [0.717, 1.165) is 10.4 Å². The number of hydrogen-bond donors (Lipinski definition) is 1. The molecular formula is C11H10ClNOS. The second kappa shape index (κ2) is 4.31. The minimum atomic E-state index is -0.0769. The fourth-order valence-corrected chi connectivity index (χ4v) is 2.57. The smallest absolute Gasteiger partial charge is 0.184 e. The fourth-order valence-electron chi connectivity index (χ4n) is 1.44. The molecule has 2 rings (SSSR count). The minimum absolute atomic E-state index is 0.0769. The molecule has 0 saturated carbocycles. The summed E-state index contributed by atoms with van der Waals surface area (Å²) in [5, 5.41) is 9.15. The van der Waals surface area contributed by atoms with Gasteiger partial charge in [0.2, 0.25) is 0 Å². The average molecular weight is 240 g/mol. The van der Waals surface area contributed by atoms with Crippen LogP contribution >= 0.6 is 22.9 Å². The van der Waals surface area contributed by atoms with Gasteiger partial charge in [0.1, 0.15) is 0 Å². The molecule has 0 aliphatic heterocycles. The van der Waals surface area contributed by atoms with E-state index in [0.29, 0.717) is 10.2 Å². The molecule has 0 amide bonds. The van der Waals surface area contributed by atoms with Crippen LogP contribution in [-0.4, -0.2) is 10.1 Å². The van der Waals surface area contributed by atoms with Gasteiger partial charge in [-0.25, -0.2) is 4.98 Å². The molecule has 0 unspecified atom stereocenters. The maximum atomic E-state index is 9.15. The fraction of sp³-hybridized carbons (Fsp3) is 0.182. The standard InChI is InChI=1S/C11H10ClNOS/c1-7-3-2-4-8(5-7)10-9(6-14)13-11(12)15-10/h2-5,14H,6H2,1H3. The zero-order valence-electron chi connectivity index (χ0n) is 8.20. The Balaban J connectivity index is 2.53. The van der Waals surface area contributed by atoms with Gasteiger partial charge in [-0.1, -0.05) is 41.4 Å². The van der Waals surface area contributed by atoms with E-state index in [2.05, 4.69) is 11.1 Å². The van der Waals surface area contributed by atoms with Gasteiger partial charge in [0.25, 0.3) is 0 Å². The van der Waals surface area contributed by atoms with Crippen LogP contribution in [0.3, 0.4) is 0 Å². The van der Waals surface area contributed by atoms with Crippen LogP contribution in [0.2, 0.25) is 4.47 Å². The van der Waals surface area contributed by atoms with Gasteiger partial charge in [-0.05, 0) is 12.5 Å². The summed E-state index contributed by atoms with van der Waals surface area (Å²) in [6, 6.07) is 8.07. The first-order valence-electron chi connectivity index (χ1n) is 4.54. The average Bonchev–Trinajstić information content (AvgIpc) is 2.59. The first kappa shape index (κ1) is 10.6. The van der Waals surface area contributed by atoms with Crippen LogP contribution in [0.5, 0.6) is 0 Å². The summed E-state index contributed by atoms with van der Waals surface area (Å²) in [7, 11) is 0. The van der Waals surface area contributed by atoms with Crippen LogP contribution in [-0.2, 0) is 6.61 Å². The predicted molar refractivity (Wildman–Crippen MR) is 63.2 cm³/mol. The van der Waals surface area contributed by atoms with Crippen LogP contribution in [0.1, 0.15) is 11.3 Å². The molecule has 0 fully saturated rings. The Kier molecular flexibility index (Phi) is 3.05. The number of hydrogen-bond acceptors (Lipinski definition) is 3. The number of aryl methyl sites for hydroxylation is 1. The van der Waals surface area contributed by atoms with Crippen LogP contribution in [0.15, 0.2) is 24.3 Å². The van der Waals surface area contributed by atoms with Crippen LogP contribution in [0, 0.1) is 6.92 Å². The van der Waals surface area contributed by atoms with Crippen molar-refractivity contribution in [1.29, 1.82) is 0 Å². The number of aliphatic hydroxyl groups is 1. The molecule has 1 heterocycles. The predicted octanol–water partition coefficient (Wildman–Crippen LogP) is 3.26. The highest BCUT2D eigenvalue weighted by molar-refractivity contribution is 7.19. The Morgan fingerprint density at radius 2 is 2.27 bits per heavy atom. The van der Waals surface area contributed by atoms with Gasteiger partial charge >= 0.3 is 0 Å². The van der Waals surface area contributed by atoms with Crippen molar-refractivity contribution in [3.8, 4) is 10.4 Å². The van der Waals surface area contributed by atoms with E-state index in [1.807, 2.05) is 25.1 Å². The molecule has 1 aromatic heterocycles. The van der Waals surface area contributed by atoms with Crippen molar-refractivity contribution < 1.29 is 5.11 Å². The molecule has 4 heteroatoms. The van der Waals surface area contributed by atoms with Crippen molar-refractivity contribution >= 4 is 22.9 Å². The zero-order chi connectivity index (χ0) is 10.8. The van der Waals surface area contributed by atoms with Crippen LogP contribution < -0.4 is 0 Å². The number of aromatic nitrogens is 1. The molecule has 2 nitrogen and oxygen atoms in total. The summed E-state index contributed by atoms with van der Waals surface area (Å²) >= 11 is 7.23. The van der Waals surface area contributed by atoms with Crippen molar-refractivity contribution in [3.63, 3.8) is 0 Å². The summed E-state index contributed by atoms with van der Waals surface area (Å²) in [4.78, 5) is 5.02. The van der Waals surface area contributed by atoms with Gasteiger partial charge in [0.05, 0.1) is 17.2 Å². The molecule has 78 valence electrons. The second-order valence-corrected chi connectivity index (χ2v) is 4.85. The molecule has 0 aliphatic carbocycles. The lowest BCUT2D eigenvalue weighted by molar-refractivity contribution is 0.278. The van der Waals surface area contributed by atoms with Gasteiger partial charge in [-0.3, -0.25) is 0 Å². The molecule has 0 aliphatic rings. The lowest BCUT2D eigenvalue weighted by atomic mass is 10.1. The van der Waals surface area contributed by atoms with Crippen LogP contribution in [0.4, 0.5) is 0 Å². The summed E-state index contributed by atoms with van der Waals surface area (Å²) < 4.78 is 0.468. The molecule has 15 heavy (non-hydrogen) atoms. The number of halogens is 1. The lowest BCUT2D eigenvalue weighted by Crippen LogP contribution is -1.86. The van der Waals surface area contributed by atoms with E-state index in [-0.39, 0.29) is 6.61 Å². The highest BCUT2D eigenvalue weighted by Gasteiger charge is 2.10. The molecule has 0 bridgehead atoms. The molecule has 0 spiro atoms. The number of rotatable bonds is 2. The summed E-state index contributed by atoms with van der Waals surface area (Å²) in [6.45, 7) is 1.96. The van der Waals surface area contributed by atoms with Gasteiger partial charge in [0, 0.05) is 0 Å². The largest absolute Gasteiger partial charge is 0.390 e. The van der Waals surface area contributed by atoms with E-state index in [4.69, 9.17) is 16.7 Å². The Morgan fingerprint density at radius 1 is 1.47 bits per heavy atom. The monoisotopic (exact) mass is 239 g/mol. The third-order valence-corrected chi connectivity index (χ3v) is 3.35. The molecule has 1 aromatic carbocycles. The van der Waals surface area contributed by atoms with Crippen molar-refractivity contribution in [2.45, 2.75) is 13.5 Å². The normalized spacial score (nSPS) is 10.6. The van der Waals surface area contributed by atoms with E-state index in [1.54, 1.807) is 0 Å². The van der Waals surface area contributed by atoms with Crippen molar-refractivity contribution in [3.05, 3.63) is 40.0 Å². The Hall–Kier alpha value is -0.900. The maximum Gasteiger partial charge on any atom is 0.184 e. The molecule has 1 N–H and O–H groups in total. The van der Waals surface area contributed by atoms with E-state index in [9.17, 15) is 0 Å². The van der Waals surface area contributed by atoms with Gasteiger partial charge in [-0.15, -0.1) is 11.3 Å². The summed E-state index contributed by atoms with van der Waals surface area (Å²) in [6.07, 6.45) is 0. The molecular weight excluding hydrogens is 230 g/mol. The van der Waals surface area contributed by atoms with Crippen molar-refractivity contribution in [2.75, 3.05) is 0 Å². The van der Waals surface area contributed by atoms with Gasteiger partial charge < -0.3 is 5.11 Å². The van der Waals surface area contributed by atoms with Gasteiger partial charge in [0.15, 0.2) is 4.47 Å². The summed E-state index contributed by atoms with van der Waals surface area (Å²) in [5.74, 6) is 0. The maximum absolute atomic E-state index is 9.15. The summed E-state index contributed by atoms with van der Waals surface area (Å²) in [5.41, 5.74) is 2.89. The topological polar surface area (TPSA) is 33.1 Å². The van der Waals surface area contributed by atoms with Gasteiger partial charge in [-0.2, -0.15) is 0 Å². The van der Waals surface area contributed by atoms with E-state index < -0.39 is 0 Å². The van der Waals surface area contributed by atoms with E-state index in [1.165, 1.54) is 16.9 Å². The van der Waals surface area contributed by atoms with Crippen LogP contribution in [0.25, 0.3) is 10.4 Å². The third-order valence-electron chi connectivity index (χ3n) is 2.10. The number of aliphatic hydroxyl groups excluding tert-OH is 1. The molecule has 0 atom stereocenters. The SMILES string of the molecule is Cc1cccc(-c2sc(Cl)nc2CO)c1. The highest BCUT2D eigenvalue weighted by Crippen LogP contribution is 2.33. The first-order valence-corrected chi connectivity index (χ1v) is 5.73. The van der Waals surface area contributed by atoms with E-state index >= 15 is 0 Å². The minimum Gasteiger partial charge on any atom is -0.390 e. The lowest BCUT2D eigenvalue weighted by Gasteiger charge is -2.00. The highest BCUT2D eigenvalue weighted by atomic mass is 35.5. The Morgan fingerprint density at radius 3 is 2.93 bits per heavy atom. The molecule has 0 saturated heterocycles. The van der Waals surface area contributed by atoms with Crippen molar-refractivity contribution in [1.82, 2.24) is 4.98 Å². The quantitative estimate of drug-likeness (QED) is 0.873. The number of thiazole rings is 1. The molecule has 2 aromatic rings. The molecule has 0 radical (unpaired) electrons.